The van der Waals surface area contributed by atoms with Crippen molar-refractivity contribution in [3.63, 3.8) is 0 Å². The van der Waals surface area contributed by atoms with Gasteiger partial charge in [-0.1, -0.05) is 0 Å². The molecular formula is C17H20N4OS2. The smallest absolute Gasteiger partial charge is 0.265 e. The van der Waals surface area contributed by atoms with Crippen LogP contribution in [0.2, 0.25) is 0 Å². The van der Waals surface area contributed by atoms with Gasteiger partial charge in [0, 0.05) is 30.6 Å². The highest BCUT2D eigenvalue weighted by Crippen LogP contribution is 2.33. The van der Waals surface area contributed by atoms with Crippen LogP contribution in [-0.2, 0) is 0 Å². The highest BCUT2D eigenvalue weighted by atomic mass is 32.1. The summed E-state index contributed by atoms with van der Waals surface area (Å²) in [5.74, 6) is 1.47. The van der Waals surface area contributed by atoms with Gasteiger partial charge in [-0.2, -0.15) is 0 Å². The number of hydrogen-bond acceptors (Lipinski definition) is 5. The lowest BCUT2D eigenvalue weighted by molar-refractivity contribution is 0.0710. The largest absolute Gasteiger partial charge is 0.337 e. The number of nitrogens with zero attached hydrogens (tertiary/aromatic N) is 4. The SMILES string of the molecule is Cc1nc(C)c(C(=O)N2CCC[C@@H](c3nc(C)n4ccsc34)C2)s1. The molecule has 0 saturated carbocycles. The minimum absolute atomic E-state index is 0.126. The van der Waals surface area contributed by atoms with Crippen LogP contribution in [0.15, 0.2) is 11.6 Å². The molecule has 4 rings (SSSR count). The van der Waals surface area contributed by atoms with Gasteiger partial charge in [-0.25, -0.2) is 9.97 Å². The lowest BCUT2D eigenvalue weighted by atomic mass is 9.95. The van der Waals surface area contributed by atoms with E-state index in [1.807, 2.05) is 25.7 Å². The molecule has 7 heteroatoms. The van der Waals surface area contributed by atoms with E-state index < -0.39 is 0 Å². The second-order valence-corrected chi connectivity index (χ2v) is 8.46. The van der Waals surface area contributed by atoms with Gasteiger partial charge in [-0.05, 0) is 33.6 Å². The van der Waals surface area contributed by atoms with E-state index in [9.17, 15) is 4.79 Å². The Morgan fingerprint density at radius 2 is 2.12 bits per heavy atom. The van der Waals surface area contributed by atoms with Gasteiger partial charge < -0.3 is 4.90 Å². The van der Waals surface area contributed by atoms with Gasteiger partial charge in [0.25, 0.3) is 5.91 Å². The summed E-state index contributed by atoms with van der Waals surface area (Å²) in [6, 6.07) is 0. The molecule has 1 aliphatic heterocycles. The minimum Gasteiger partial charge on any atom is -0.337 e. The fourth-order valence-electron chi connectivity index (χ4n) is 3.52. The van der Waals surface area contributed by atoms with E-state index in [-0.39, 0.29) is 5.91 Å². The first-order valence-electron chi connectivity index (χ1n) is 8.20. The number of imidazole rings is 1. The first-order chi connectivity index (χ1) is 11.5. The maximum Gasteiger partial charge on any atom is 0.265 e. The zero-order chi connectivity index (χ0) is 16.8. The predicted molar refractivity (Wildman–Crippen MR) is 97.3 cm³/mol. The molecule has 0 N–H and O–H groups in total. The number of hydrogen-bond donors (Lipinski definition) is 0. The summed E-state index contributed by atoms with van der Waals surface area (Å²) >= 11 is 3.23. The quantitative estimate of drug-likeness (QED) is 0.698. The average Bonchev–Trinajstić information content (AvgIpc) is 3.24. The lowest BCUT2D eigenvalue weighted by Crippen LogP contribution is -2.39. The molecule has 1 saturated heterocycles. The molecule has 0 spiro atoms. The molecule has 1 amide bonds. The zero-order valence-electron chi connectivity index (χ0n) is 14.1. The van der Waals surface area contributed by atoms with Crippen molar-refractivity contribution in [2.24, 2.45) is 0 Å². The number of aromatic nitrogens is 3. The first-order valence-corrected chi connectivity index (χ1v) is 9.89. The Balaban J connectivity index is 1.61. The van der Waals surface area contributed by atoms with E-state index in [1.54, 1.807) is 11.3 Å². The average molecular weight is 361 g/mol. The van der Waals surface area contributed by atoms with Crippen LogP contribution in [0.1, 0.15) is 50.7 Å². The van der Waals surface area contributed by atoms with Crippen molar-refractivity contribution < 1.29 is 4.79 Å². The summed E-state index contributed by atoms with van der Waals surface area (Å²) in [5.41, 5.74) is 2.00. The van der Waals surface area contributed by atoms with Gasteiger partial charge in [0.05, 0.1) is 16.4 Å². The van der Waals surface area contributed by atoms with Crippen molar-refractivity contribution >= 4 is 33.4 Å². The third kappa shape index (κ3) is 2.56. The standard InChI is InChI=1S/C17H20N4OS2/c1-10-15(24-12(3)18-10)16(22)20-6-4-5-13(9-20)14-17-21(7-8-23-17)11(2)19-14/h7-8,13H,4-6,9H2,1-3H3/t13-/m1/s1. The molecule has 4 heterocycles. The maximum absolute atomic E-state index is 12.9. The Kier molecular flexibility index (Phi) is 3.92. The maximum atomic E-state index is 12.9. The number of thiazole rings is 2. The number of rotatable bonds is 2. The van der Waals surface area contributed by atoms with E-state index in [1.165, 1.54) is 16.2 Å². The molecule has 1 aliphatic rings. The van der Waals surface area contributed by atoms with Crippen LogP contribution < -0.4 is 0 Å². The fraction of sp³-hybridized carbons (Fsp3) is 0.471. The van der Waals surface area contributed by atoms with Gasteiger partial charge in [-0.3, -0.25) is 9.20 Å². The predicted octanol–water partition coefficient (Wildman–Crippen LogP) is 3.80. The van der Waals surface area contributed by atoms with Crippen molar-refractivity contribution in [1.29, 1.82) is 0 Å². The molecule has 3 aromatic rings. The van der Waals surface area contributed by atoms with Gasteiger partial charge in [0.2, 0.25) is 0 Å². The summed E-state index contributed by atoms with van der Waals surface area (Å²) in [6.45, 7) is 7.49. The van der Waals surface area contributed by atoms with E-state index in [0.29, 0.717) is 5.92 Å². The molecule has 3 aromatic heterocycles. The number of likely N-dealkylation sites (tertiary alicyclic amines) is 1. The highest BCUT2D eigenvalue weighted by molar-refractivity contribution is 7.15. The number of piperidine rings is 1. The Hall–Kier alpha value is -1.73. The van der Waals surface area contributed by atoms with E-state index in [0.717, 1.165) is 53.0 Å². The normalized spacial score (nSPS) is 18.5. The summed E-state index contributed by atoms with van der Waals surface area (Å²) in [6.07, 6.45) is 4.19. The van der Waals surface area contributed by atoms with E-state index in [2.05, 4.69) is 21.0 Å². The van der Waals surface area contributed by atoms with Crippen molar-refractivity contribution in [3.8, 4) is 0 Å². The van der Waals surface area contributed by atoms with Crippen molar-refractivity contribution in [1.82, 2.24) is 19.3 Å². The molecule has 24 heavy (non-hydrogen) atoms. The topological polar surface area (TPSA) is 50.5 Å². The lowest BCUT2D eigenvalue weighted by Gasteiger charge is -2.31. The third-order valence-electron chi connectivity index (χ3n) is 4.65. The van der Waals surface area contributed by atoms with Crippen LogP contribution in [0.3, 0.4) is 0 Å². The van der Waals surface area contributed by atoms with Crippen LogP contribution in [0.25, 0.3) is 4.83 Å². The molecule has 0 radical (unpaired) electrons. The molecule has 0 aromatic carbocycles. The van der Waals surface area contributed by atoms with Gasteiger partial charge in [0.1, 0.15) is 15.5 Å². The van der Waals surface area contributed by atoms with Gasteiger partial charge in [0.15, 0.2) is 0 Å². The summed E-state index contributed by atoms with van der Waals surface area (Å²) < 4.78 is 2.15. The Labute approximate surface area is 149 Å². The van der Waals surface area contributed by atoms with Crippen LogP contribution in [0, 0.1) is 20.8 Å². The number of aryl methyl sites for hydroxylation is 3. The Morgan fingerprint density at radius 1 is 1.29 bits per heavy atom. The zero-order valence-corrected chi connectivity index (χ0v) is 15.7. The molecule has 5 nitrogen and oxygen atoms in total. The van der Waals surface area contributed by atoms with Crippen molar-refractivity contribution in [2.75, 3.05) is 13.1 Å². The van der Waals surface area contributed by atoms with E-state index in [4.69, 9.17) is 4.98 Å². The number of fused-ring (bicyclic) bond motifs is 1. The molecule has 0 bridgehead atoms. The summed E-state index contributed by atoms with van der Waals surface area (Å²) in [4.78, 5) is 26.1. The van der Waals surface area contributed by atoms with Crippen LogP contribution in [-0.4, -0.2) is 38.3 Å². The number of carbonyl (C=O) groups is 1. The van der Waals surface area contributed by atoms with Crippen LogP contribution in [0.4, 0.5) is 0 Å². The molecule has 0 unspecified atom stereocenters. The Morgan fingerprint density at radius 3 is 2.88 bits per heavy atom. The summed E-state index contributed by atoms with van der Waals surface area (Å²) in [5, 5.41) is 3.05. The van der Waals surface area contributed by atoms with Gasteiger partial charge in [-0.15, -0.1) is 22.7 Å². The number of amides is 1. The minimum atomic E-state index is 0.126. The number of carbonyl (C=O) groups excluding carboxylic acids is 1. The van der Waals surface area contributed by atoms with Crippen molar-refractivity contribution in [2.45, 2.75) is 39.5 Å². The molecule has 0 aliphatic carbocycles. The third-order valence-corrected chi connectivity index (χ3v) is 6.60. The second-order valence-electron chi connectivity index (χ2n) is 6.36. The first kappa shape index (κ1) is 15.8. The molecular weight excluding hydrogens is 340 g/mol. The summed E-state index contributed by atoms with van der Waals surface area (Å²) in [7, 11) is 0. The molecule has 126 valence electrons. The van der Waals surface area contributed by atoms with Crippen LogP contribution in [0.5, 0.6) is 0 Å². The fourth-order valence-corrected chi connectivity index (χ4v) is 5.36. The van der Waals surface area contributed by atoms with E-state index >= 15 is 0 Å². The van der Waals surface area contributed by atoms with Gasteiger partial charge >= 0.3 is 0 Å². The highest BCUT2D eigenvalue weighted by Gasteiger charge is 2.30. The molecule has 1 fully saturated rings. The Bertz CT molecular complexity index is 907. The van der Waals surface area contributed by atoms with Crippen molar-refractivity contribution in [3.05, 3.63) is 38.7 Å². The van der Waals surface area contributed by atoms with Crippen LogP contribution >= 0.6 is 22.7 Å². The second kappa shape index (κ2) is 5.97. The molecule has 1 atom stereocenters. The monoisotopic (exact) mass is 360 g/mol.